The Bertz CT molecular complexity index is 825. The third kappa shape index (κ3) is 2.64. The summed E-state index contributed by atoms with van der Waals surface area (Å²) in [5, 5.41) is 11.7. The van der Waals surface area contributed by atoms with Crippen LogP contribution in [-0.4, -0.2) is 56.3 Å². The van der Waals surface area contributed by atoms with Gasteiger partial charge in [0.05, 0.1) is 23.1 Å². The van der Waals surface area contributed by atoms with Gasteiger partial charge in [0.15, 0.2) is 0 Å². The fourth-order valence-corrected chi connectivity index (χ4v) is 3.27. The zero-order valence-electron chi connectivity index (χ0n) is 13.7. The minimum atomic E-state index is -0.711. The number of rotatable bonds is 4. The molecule has 1 aromatic heterocycles. The van der Waals surface area contributed by atoms with E-state index in [0.717, 1.165) is 0 Å². The van der Waals surface area contributed by atoms with Gasteiger partial charge in [-0.3, -0.25) is 9.59 Å². The number of benzene rings is 1. The normalized spacial score (nSPS) is 18.7. The summed E-state index contributed by atoms with van der Waals surface area (Å²) >= 11 is 0. The third-order valence-corrected chi connectivity index (χ3v) is 4.68. The molecule has 0 saturated carbocycles. The van der Waals surface area contributed by atoms with Crippen LogP contribution in [0.3, 0.4) is 0 Å². The molecule has 0 atom stereocenters. The lowest BCUT2D eigenvalue weighted by Gasteiger charge is -2.35. The summed E-state index contributed by atoms with van der Waals surface area (Å²) in [6.07, 6.45) is 2.36. The summed E-state index contributed by atoms with van der Waals surface area (Å²) in [6, 6.07) is 6.32. The highest BCUT2D eigenvalue weighted by atomic mass is 16.7. The van der Waals surface area contributed by atoms with E-state index in [1.807, 2.05) is 0 Å². The van der Waals surface area contributed by atoms with Crippen LogP contribution in [0.15, 0.2) is 30.6 Å². The molecule has 0 radical (unpaired) electrons. The molecule has 10 nitrogen and oxygen atoms in total. The van der Waals surface area contributed by atoms with Crippen LogP contribution in [0.4, 0.5) is 0 Å². The molecule has 0 unspecified atom stereocenters. The zero-order valence-corrected chi connectivity index (χ0v) is 13.7. The number of amides is 2. The van der Waals surface area contributed by atoms with Crippen LogP contribution >= 0.6 is 0 Å². The van der Waals surface area contributed by atoms with Crippen molar-refractivity contribution in [2.45, 2.75) is 24.8 Å². The van der Waals surface area contributed by atoms with Gasteiger partial charge < -0.3 is 9.57 Å². The molecule has 2 aliphatic rings. The van der Waals surface area contributed by atoms with Crippen molar-refractivity contribution >= 4 is 17.8 Å². The van der Waals surface area contributed by atoms with Crippen molar-refractivity contribution in [3.63, 3.8) is 0 Å². The average Bonchev–Trinajstić information content (AvgIpc) is 3.28. The minimum Gasteiger partial charge on any atom is -0.381 e. The molecule has 1 fully saturated rings. The second-order valence-electron chi connectivity index (χ2n) is 6.18. The first-order chi connectivity index (χ1) is 12.6. The first kappa shape index (κ1) is 16.3. The second kappa shape index (κ2) is 6.30. The molecule has 4 rings (SSSR count). The van der Waals surface area contributed by atoms with E-state index in [-0.39, 0.29) is 17.5 Å². The Kier molecular flexibility index (Phi) is 3.96. The van der Waals surface area contributed by atoms with Gasteiger partial charge in [-0.1, -0.05) is 17.2 Å². The number of hydrogen-bond acceptors (Lipinski definition) is 8. The summed E-state index contributed by atoms with van der Waals surface area (Å²) in [4.78, 5) is 42.3. The van der Waals surface area contributed by atoms with E-state index in [4.69, 9.17) is 9.57 Å². The van der Waals surface area contributed by atoms with Gasteiger partial charge in [0, 0.05) is 13.2 Å². The number of imide groups is 1. The minimum absolute atomic E-state index is 0.0885. The molecule has 1 saturated heterocycles. The van der Waals surface area contributed by atoms with Crippen LogP contribution in [0, 0.1) is 0 Å². The molecule has 0 spiro atoms. The number of fused-ring (bicyclic) bond motifs is 1. The van der Waals surface area contributed by atoms with E-state index >= 15 is 0 Å². The number of carbonyl (C=O) groups excluding carboxylic acids is 3. The Morgan fingerprint density at radius 2 is 1.81 bits per heavy atom. The quantitative estimate of drug-likeness (QED) is 0.718. The van der Waals surface area contributed by atoms with Crippen LogP contribution < -0.4 is 0 Å². The van der Waals surface area contributed by atoms with Crippen molar-refractivity contribution in [3.05, 3.63) is 41.7 Å². The highest BCUT2D eigenvalue weighted by molar-refractivity contribution is 6.20. The van der Waals surface area contributed by atoms with Crippen molar-refractivity contribution < 1.29 is 24.0 Å². The van der Waals surface area contributed by atoms with Crippen LogP contribution in [0.25, 0.3) is 0 Å². The second-order valence-corrected chi connectivity index (χ2v) is 6.18. The number of tetrazole rings is 1. The van der Waals surface area contributed by atoms with Crippen molar-refractivity contribution in [3.8, 4) is 0 Å². The van der Waals surface area contributed by atoms with Crippen molar-refractivity contribution in [2.75, 3.05) is 13.2 Å². The molecule has 26 heavy (non-hydrogen) atoms. The molecule has 2 aromatic rings. The fraction of sp³-hybridized carbons (Fsp3) is 0.375. The van der Waals surface area contributed by atoms with Gasteiger partial charge in [0.25, 0.3) is 11.8 Å². The maximum absolute atomic E-state index is 12.5. The van der Waals surface area contributed by atoms with Crippen molar-refractivity contribution in [1.82, 2.24) is 25.3 Å². The van der Waals surface area contributed by atoms with E-state index in [1.54, 1.807) is 12.1 Å². The van der Waals surface area contributed by atoms with Crippen LogP contribution in [0.1, 0.15) is 40.0 Å². The lowest BCUT2D eigenvalue weighted by Crippen LogP contribution is -2.43. The summed E-state index contributed by atoms with van der Waals surface area (Å²) in [7, 11) is 0. The maximum Gasteiger partial charge on any atom is 0.335 e. The summed E-state index contributed by atoms with van der Waals surface area (Å²) in [5.74, 6) is -2.01. The van der Waals surface area contributed by atoms with Gasteiger partial charge in [-0.05, 0) is 35.4 Å². The zero-order chi connectivity index (χ0) is 18.1. The summed E-state index contributed by atoms with van der Waals surface area (Å²) in [6.45, 7) is 0.889. The van der Waals surface area contributed by atoms with Gasteiger partial charge in [0.2, 0.25) is 0 Å². The molecular weight excluding hydrogens is 342 g/mol. The molecule has 10 heteroatoms. The predicted molar refractivity (Wildman–Crippen MR) is 83.5 cm³/mol. The fourth-order valence-electron chi connectivity index (χ4n) is 3.27. The van der Waals surface area contributed by atoms with E-state index < -0.39 is 23.3 Å². The maximum atomic E-state index is 12.5. The monoisotopic (exact) mass is 357 g/mol. The molecule has 2 aliphatic heterocycles. The summed E-state index contributed by atoms with van der Waals surface area (Å²) < 4.78 is 6.87. The van der Waals surface area contributed by atoms with Gasteiger partial charge in [0.1, 0.15) is 6.33 Å². The number of nitrogens with zero attached hydrogens (tertiary/aromatic N) is 5. The van der Waals surface area contributed by atoms with E-state index in [1.165, 1.54) is 23.1 Å². The molecular formula is C16H15N5O5. The van der Waals surface area contributed by atoms with Crippen LogP contribution in [-0.2, 0) is 19.9 Å². The lowest BCUT2D eigenvalue weighted by atomic mass is 9.87. The molecule has 0 aliphatic carbocycles. The lowest BCUT2D eigenvalue weighted by molar-refractivity contribution is -0.172. The molecule has 1 aromatic carbocycles. The van der Waals surface area contributed by atoms with Gasteiger partial charge >= 0.3 is 5.97 Å². The van der Waals surface area contributed by atoms with E-state index in [2.05, 4.69) is 15.5 Å². The molecule has 0 bridgehead atoms. The highest BCUT2D eigenvalue weighted by Gasteiger charge is 2.42. The Balaban J connectivity index is 1.52. The van der Waals surface area contributed by atoms with Gasteiger partial charge in [-0.25, -0.2) is 9.48 Å². The van der Waals surface area contributed by atoms with Gasteiger partial charge in [-0.15, -0.1) is 5.10 Å². The number of aromatic nitrogens is 4. The van der Waals surface area contributed by atoms with Crippen molar-refractivity contribution in [2.24, 2.45) is 0 Å². The largest absolute Gasteiger partial charge is 0.381 e. The first-order valence-electron chi connectivity index (χ1n) is 8.11. The standard InChI is InChI=1S/C16H15N5O5/c22-13(9-16(5-7-25-8-6-16)20-10-17-18-19-20)26-21-14(23)11-3-1-2-4-12(11)15(21)24/h1-4,10H,5-9H2. The first-order valence-corrected chi connectivity index (χ1v) is 8.11. The van der Waals surface area contributed by atoms with Crippen LogP contribution in [0.5, 0.6) is 0 Å². The van der Waals surface area contributed by atoms with Crippen molar-refractivity contribution in [1.29, 1.82) is 0 Å². The van der Waals surface area contributed by atoms with Crippen LogP contribution in [0.2, 0.25) is 0 Å². The third-order valence-electron chi connectivity index (χ3n) is 4.68. The number of hydroxylamine groups is 2. The Morgan fingerprint density at radius 3 is 2.38 bits per heavy atom. The Hall–Kier alpha value is -3.14. The van der Waals surface area contributed by atoms with Gasteiger partial charge in [-0.2, -0.15) is 0 Å². The number of ether oxygens (including phenoxy) is 1. The predicted octanol–water partition coefficient (Wildman–Crippen LogP) is 0.323. The Labute approximate surface area is 147 Å². The summed E-state index contributed by atoms with van der Waals surface area (Å²) in [5.41, 5.74) is -0.282. The smallest absolute Gasteiger partial charge is 0.335 e. The molecule has 134 valence electrons. The highest BCUT2D eigenvalue weighted by Crippen LogP contribution is 2.33. The molecule has 3 heterocycles. The number of carbonyl (C=O) groups is 3. The Morgan fingerprint density at radius 1 is 1.15 bits per heavy atom. The molecule has 2 amide bonds. The average molecular weight is 357 g/mol. The topological polar surface area (TPSA) is 117 Å². The molecule has 0 N–H and O–H groups in total. The number of hydrogen-bond donors (Lipinski definition) is 0. The van der Waals surface area contributed by atoms with E-state index in [9.17, 15) is 14.4 Å². The SMILES string of the molecule is O=C(CC1(n2cnnn2)CCOCC1)ON1C(=O)c2ccccc2C1=O. The van der Waals surface area contributed by atoms with E-state index in [0.29, 0.717) is 31.1 Å².